The van der Waals surface area contributed by atoms with Crippen LogP contribution in [0, 0.1) is 22.2 Å². The average Bonchev–Trinajstić information content (AvgIpc) is 3.25. The maximum Gasteiger partial charge on any atom is 0.408 e. The van der Waals surface area contributed by atoms with E-state index in [0.29, 0.717) is 23.1 Å². The largest absolute Gasteiger partial charge is 0.456 e. The summed E-state index contributed by atoms with van der Waals surface area (Å²) in [7, 11) is 2.87. The minimum absolute atomic E-state index is 0.0361. The summed E-state index contributed by atoms with van der Waals surface area (Å²) in [6, 6.07) is 15.4. The lowest BCUT2D eigenvalue weighted by Gasteiger charge is -2.69. The second-order valence-corrected chi connectivity index (χ2v) is 19.1. The second kappa shape index (κ2) is 18.6. The molecule has 2 saturated carbocycles. The van der Waals surface area contributed by atoms with Gasteiger partial charge < -0.3 is 48.7 Å². The van der Waals surface area contributed by atoms with Gasteiger partial charge in [0.2, 0.25) is 0 Å². The molecule has 64 heavy (non-hydrogen) atoms. The number of allylic oxidation sites excluding steroid dienone is 1. The molecular formula is C50H63NO13. The van der Waals surface area contributed by atoms with Crippen molar-refractivity contribution in [2.75, 3.05) is 20.8 Å². The normalized spacial score (nSPS) is 34.6. The number of benzene rings is 2. The number of methoxy groups -OCH3 is 2. The van der Waals surface area contributed by atoms with Gasteiger partial charge >= 0.3 is 18.0 Å². The molecule has 346 valence electrons. The highest BCUT2D eigenvalue weighted by Gasteiger charge is 2.76. The van der Waals surface area contributed by atoms with Crippen molar-refractivity contribution in [1.82, 2.24) is 5.32 Å². The first kappa shape index (κ1) is 47.2. The smallest absolute Gasteiger partial charge is 0.408 e. The highest BCUT2D eigenvalue weighted by Crippen LogP contribution is 2.67. The molecule has 3 N–H and O–H groups in total. The Balaban J connectivity index is 1.32. The van der Waals surface area contributed by atoms with Crippen LogP contribution in [0.15, 0.2) is 84.0 Å². The number of nitrogens with one attached hydrogen (secondary N) is 1. The molecule has 1 saturated heterocycles. The molecule has 0 radical (unpaired) electrons. The number of amides is 1. The van der Waals surface area contributed by atoms with Crippen LogP contribution in [0.25, 0.3) is 0 Å². The van der Waals surface area contributed by atoms with Crippen LogP contribution in [-0.4, -0.2) is 109 Å². The van der Waals surface area contributed by atoms with Gasteiger partial charge in [0.1, 0.15) is 35.8 Å². The second-order valence-electron chi connectivity index (χ2n) is 19.1. The van der Waals surface area contributed by atoms with Crippen molar-refractivity contribution < 1.29 is 62.6 Å². The number of rotatable bonds is 12. The minimum Gasteiger partial charge on any atom is -0.456 e. The third-order valence-electron chi connectivity index (χ3n) is 15.1. The highest BCUT2D eigenvalue weighted by atomic mass is 16.6. The number of hydrogen-bond acceptors (Lipinski definition) is 13. The van der Waals surface area contributed by atoms with Crippen molar-refractivity contribution in [3.8, 4) is 0 Å². The summed E-state index contributed by atoms with van der Waals surface area (Å²) in [4.78, 5) is 71.2. The zero-order chi connectivity index (χ0) is 46.2. The van der Waals surface area contributed by atoms with Crippen LogP contribution >= 0.6 is 0 Å². The number of hydrogen-bond donors (Lipinski definition) is 3. The molecule has 0 spiro atoms. The fourth-order valence-corrected chi connectivity index (χ4v) is 11.7. The molecule has 1 unspecified atom stereocenters. The van der Waals surface area contributed by atoms with Crippen molar-refractivity contribution in [1.29, 1.82) is 0 Å². The number of aliphatic hydroxyl groups excluding tert-OH is 1. The zero-order valence-electron chi connectivity index (χ0n) is 37.9. The van der Waals surface area contributed by atoms with Gasteiger partial charge in [0, 0.05) is 50.2 Å². The van der Waals surface area contributed by atoms with E-state index in [1.807, 2.05) is 12.2 Å². The zero-order valence-corrected chi connectivity index (χ0v) is 37.9. The Morgan fingerprint density at radius 2 is 1.61 bits per heavy atom. The van der Waals surface area contributed by atoms with Gasteiger partial charge in [0.05, 0.1) is 35.8 Å². The van der Waals surface area contributed by atoms with Gasteiger partial charge in [0.15, 0.2) is 11.9 Å². The predicted molar refractivity (Wildman–Crippen MR) is 233 cm³/mol. The van der Waals surface area contributed by atoms with Crippen LogP contribution in [0.4, 0.5) is 4.79 Å². The van der Waals surface area contributed by atoms with Crippen LogP contribution in [0.3, 0.4) is 0 Å². The average molecular weight is 886 g/mol. The maximum absolute atomic E-state index is 15.7. The van der Waals surface area contributed by atoms with E-state index in [2.05, 4.69) is 5.32 Å². The van der Waals surface area contributed by atoms with Crippen LogP contribution in [-0.2, 0) is 42.8 Å². The van der Waals surface area contributed by atoms with Crippen LogP contribution in [0.5, 0.6) is 0 Å². The number of alkyl carbamates (subject to hydrolysis) is 1. The Morgan fingerprint density at radius 1 is 0.922 bits per heavy atom. The summed E-state index contributed by atoms with van der Waals surface area (Å²) < 4.78 is 37.0. The molecule has 0 aromatic heterocycles. The molecule has 2 bridgehead atoms. The topological polar surface area (TPSA) is 193 Å². The molecule has 4 aliphatic carbocycles. The van der Waals surface area contributed by atoms with E-state index >= 15 is 4.79 Å². The van der Waals surface area contributed by atoms with Crippen molar-refractivity contribution in [2.24, 2.45) is 22.2 Å². The number of aliphatic hydroxyl groups is 2. The molecule has 5 aliphatic rings. The van der Waals surface area contributed by atoms with E-state index in [4.69, 9.17) is 28.4 Å². The Kier molecular flexibility index (Phi) is 13.8. The summed E-state index contributed by atoms with van der Waals surface area (Å²) in [5, 5.41) is 28.4. The number of ether oxygens (including phenoxy) is 6. The molecule has 14 heteroatoms. The monoisotopic (exact) mass is 885 g/mol. The summed E-state index contributed by atoms with van der Waals surface area (Å²) in [6.07, 6.45) is -0.794. The number of fused-ring (bicyclic) bond motifs is 5. The van der Waals surface area contributed by atoms with E-state index < -0.39 is 100 Å². The van der Waals surface area contributed by atoms with Gasteiger partial charge in [-0.1, -0.05) is 74.9 Å². The first-order valence-corrected chi connectivity index (χ1v) is 22.4. The minimum atomic E-state index is -2.14. The first-order chi connectivity index (χ1) is 30.4. The van der Waals surface area contributed by atoms with E-state index in [1.165, 1.54) is 21.1 Å². The predicted octanol–water partition coefficient (Wildman–Crippen LogP) is 6.32. The maximum atomic E-state index is 15.7. The lowest BCUT2D eigenvalue weighted by Crippen LogP contribution is -2.78. The number of ketones is 2. The lowest BCUT2D eigenvalue weighted by molar-refractivity contribution is -0.321. The van der Waals surface area contributed by atoms with E-state index in [9.17, 15) is 29.4 Å². The molecule has 3 fully saturated rings. The quantitative estimate of drug-likeness (QED) is 0.122. The van der Waals surface area contributed by atoms with Crippen molar-refractivity contribution in [3.63, 3.8) is 0 Å². The van der Waals surface area contributed by atoms with Gasteiger partial charge in [-0.25, -0.2) is 14.4 Å². The molecule has 7 rings (SSSR count). The Morgan fingerprint density at radius 3 is 2.23 bits per heavy atom. The van der Waals surface area contributed by atoms with Gasteiger partial charge in [-0.15, -0.1) is 0 Å². The molecule has 2 aromatic rings. The molecule has 12 atom stereocenters. The summed E-state index contributed by atoms with van der Waals surface area (Å²) in [6.45, 7) is 8.37. The SMILES string of the molecule is CO[C@H]1C(=O)[C@]2(C)[C@@H](OC)C[C@H]3OC[C@@]3(CC(C)=O)[C@H]2[C@H](OC(=O)c2ccccc2)[C@]2(O)C[C@H](OC(=O)[C@H](O)[C@@H](NC(=O)OC3/C=C/CCCCC3)c3ccccc3)C(C)=C1C2(C)C. The van der Waals surface area contributed by atoms with Gasteiger partial charge in [-0.2, -0.15) is 0 Å². The van der Waals surface area contributed by atoms with Crippen LogP contribution in [0.2, 0.25) is 0 Å². The molecule has 1 amide bonds. The third-order valence-corrected chi connectivity index (χ3v) is 15.1. The highest BCUT2D eigenvalue weighted by molar-refractivity contribution is 5.94. The van der Waals surface area contributed by atoms with Gasteiger partial charge in [0.25, 0.3) is 0 Å². The first-order valence-electron chi connectivity index (χ1n) is 22.4. The molecule has 2 aromatic carbocycles. The van der Waals surface area contributed by atoms with Crippen molar-refractivity contribution in [2.45, 2.75) is 140 Å². The molecule has 1 heterocycles. The molecule has 1 aliphatic heterocycles. The van der Waals surface area contributed by atoms with Crippen LogP contribution < -0.4 is 5.32 Å². The standard InChI is InChI=1S/C50H63NO13/c1-29(52)26-49-28-61-36(49)25-35(59-6)48(5)41(49)43(64-44(55)32-21-15-12-16-22-32)50(58)27-34(30(2)37(47(50,3)4)40(60-7)42(48)54)63-45(56)39(53)38(31-19-13-11-14-20-31)51-46(57)62-33-23-17-9-8-10-18-24-33/h11-17,19-23,33-36,38-41,43,53,58H,8-10,18,24-28H2,1-7H3,(H,51,57)/b23-17+/t33?,34-,35-,36+,38-,39+,40+,41-,43-,48+,49+,50+/m0/s1. The van der Waals surface area contributed by atoms with Crippen LogP contribution in [0.1, 0.15) is 108 Å². The van der Waals surface area contributed by atoms with E-state index in [0.717, 1.165) is 25.7 Å². The third kappa shape index (κ3) is 8.25. The summed E-state index contributed by atoms with van der Waals surface area (Å²) >= 11 is 0. The van der Waals surface area contributed by atoms with Gasteiger partial charge in [-0.3, -0.25) is 4.79 Å². The number of carbonyl (C=O) groups excluding carboxylic acids is 5. The van der Waals surface area contributed by atoms with Crippen molar-refractivity contribution >= 4 is 29.6 Å². The Labute approximate surface area is 375 Å². The molecule has 14 nitrogen and oxygen atoms in total. The fourth-order valence-electron chi connectivity index (χ4n) is 11.7. The van der Waals surface area contributed by atoms with E-state index in [1.54, 1.807) is 88.4 Å². The Bertz CT molecular complexity index is 2140. The van der Waals surface area contributed by atoms with Gasteiger partial charge in [-0.05, 0) is 81.4 Å². The fraction of sp³-hybridized carbons (Fsp3) is 0.580. The number of carbonyl (C=O) groups is 5. The number of esters is 2. The Hall–Kier alpha value is -4.73. The number of Topliss-reactive ketones (excluding diaryl/α,β-unsaturated/α-hetero) is 2. The summed E-state index contributed by atoms with van der Waals surface area (Å²) in [5.41, 5.74) is -4.91. The van der Waals surface area contributed by atoms with Crippen molar-refractivity contribution in [3.05, 3.63) is 95.1 Å². The lowest BCUT2D eigenvalue weighted by atomic mass is 9.41. The molecular weight excluding hydrogens is 823 g/mol. The summed E-state index contributed by atoms with van der Waals surface area (Å²) in [5.74, 6) is -3.61. The van der Waals surface area contributed by atoms with E-state index in [-0.39, 0.29) is 37.2 Å².